The molecule has 1 atom stereocenters. The topological polar surface area (TPSA) is 85.3 Å². The molecule has 162 valence electrons. The number of anilines is 3. The molecule has 0 aliphatic carbocycles. The first-order valence-corrected chi connectivity index (χ1v) is 10.3. The van der Waals surface area contributed by atoms with Gasteiger partial charge in [-0.3, -0.25) is 14.5 Å². The molecule has 2 N–H and O–H groups in total. The van der Waals surface area contributed by atoms with Crippen molar-refractivity contribution in [2.45, 2.75) is 6.10 Å². The Morgan fingerprint density at radius 3 is 2.27 bits per heavy atom. The Hall–Kier alpha value is -2.49. The highest BCUT2D eigenvalue weighted by Crippen LogP contribution is 2.24. The van der Waals surface area contributed by atoms with E-state index in [0.717, 1.165) is 18.8 Å². The van der Waals surface area contributed by atoms with Gasteiger partial charge >= 0.3 is 0 Å². The third-order valence-corrected chi connectivity index (χ3v) is 5.76. The molecule has 0 spiro atoms. The van der Waals surface area contributed by atoms with Crippen molar-refractivity contribution in [1.29, 1.82) is 0 Å². The Bertz CT molecular complexity index is 914. The Morgan fingerprint density at radius 1 is 0.967 bits per heavy atom. The molecule has 4 rings (SSSR count). The van der Waals surface area contributed by atoms with Crippen LogP contribution in [0, 0.1) is 5.82 Å². The van der Waals surface area contributed by atoms with Gasteiger partial charge in [0.2, 0.25) is 0 Å². The zero-order valence-corrected chi connectivity index (χ0v) is 16.8. The molecule has 9 heteroatoms. The number of piperazine rings is 1. The van der Waals surface area contributed by atoms with Crippen molar-refractivity contribution in [2.75, 3.05) is 80.7 Å². The summed E-state index contributed by atoms with van der Waals surface area (Å²) in [5.41, 5.74) is 0.652. The van der Waals surface area contributed by atoms with E-state index >= 15 is 0 Å². The van der Waals surface area contributed by atoms with E-state index in [1.807, 2.05) is 4.90 Å². The first kappa shape index (κ1) is 20.8. The van der Waals surface area contributed by atoms with Gasteiger partial charge in [0.05, 0.1) is 19.3 Å². The van der Waals surface area contributed by atoms with E-state index < -0.39 is 17.0 Å². The SMILES string of the molecule is O=c1c(NC[C@@H](O)CN2CCOCC2)c(N2CCN(c3ccc(F)cc3)CC2)c1=O. The number of hydrogen-bond donors (Lipinski definition) is 2. The number of β-amino-alcohol motifs (C(OH)–C–C–N with tert-alkyl or cyclic N) is 1. The van der Waals surface area contributed by atoms with E-state index in [1.54, 1.807) is 12.1 Å². The number of nitrogens with one attached hydrogen (secondary N) is 1. The fourth-order valence-electron chi connectivity index (χ4n) is 4.05. The number of aliphatic hydroxyl groups excluding tert-OH is 1. The van der Waals surface area contributed by atoms with Crippen molar-refractivity contribution in [3.63, 3.8) is 0 Å². The molecule has 0 amide bonds. The molecule has 2 aliphatic rings. The highest BCUT2D eigenvalue weighted by atomic mass is 19.1. The van der Waals surface area contributed by atoms with Crippen LogP contribution in [0.25, 0.3) is 0 Å². The van der Waals surface area contributed by atoms with Crippen LogP contribution in [-0.4, -0.2) is 81.7 Å². The van der Waals surface area contributed by atoms with Crippen LogP contribution in [-0.2, 0) is 4.74 Å². The molecule has 0 saturated carbocycles. The maximum atomic E-state index is 13.1. The van der Waals surface area contributed by atoms with Crippen LogP contribution in [0.3, 0.4) is 0 Å². The molecular weight excluding hydrogens is 391 g/mol. The highest BCUT2D eigenvalue weighted by molar-refractivity contribution is 5.75. The van der Waals surface area contributed by atoms with Crippen LogP contribution in [0.5, 0.6) is 0 Å². The molecule has 2 fully saturated rings. The second kappa shape index (κ2) is 9.11. The minimum atomic E-state index is -0.643. The highest BCUT2D eigenvalue weighted by Gasteiger charge is 2.29. The minimum Gasteiger partial charge on any atom is -0.390 e. The largest absolute Gasteiger partial charge is 0.390 e. The molecule has 0 aromatic heterocycles. The van der Waals surface area contributed by atoms with Gasteiger partial charge in [-0.25, -0.2) is 4.39 Å². The van der Waals surface area contributed by atoms with Crippen LogP contribution in [0.15, 0.2) is 33.9 Å². The van der Waals surface area contributed by atoms with Gasteiger partial charge in [0.25, 0.3) is 10.9 Å². The fourth-order valence-corrected chi connectivity index (χ4v) is 4.05. The first-order valence-electron chi connectivity index (χ1n) is 10.3. The van der Waals surface area contributed by atoms with Gasteiger partial charge in [0, 0.05) is 58.0 Å². The van der Waals surface area contributed by atoms with Crippen LogP contribution in [0.2, 0.25) is 0 Å². The number of hydrogen-bond acceptors (Lipinski definition) is 8. The first-order chi connectivity index (χ1) is 14.5. The summed E-state index contributed by atoms with van der Waals surface area (Å²) >= 11 is 0. The average molecular weight is 418 g/mol. The Labute approximate surface area is 174 Å². The van der Waals surface area contributed by atoms with Crippen LogP contribution >= 0.6 is 0 Å². The molecule has 0 bridgehead atoms. The van der Waals surface area contributed by atoms with Crippen LogP contribution in [0.4, 0.5) is 21.5 Å². The predicted molar refractivity (Wildman–Crippen MR) is 114 cm³/mol. The van der Waals surface area contributed by atoms with Gasteiger partial charge in [-0.05, 0) is 24.3 Å². The van der Waals surface area contributed by atoms with Crippen molar-refractivity contribution < 1.29 is 14.2 Å². The quantitative estimate of drug-likeness (QED) is 0.601. The van der Waals surface area contributed by atoms with Gasteiger partial charge in [-0.2, -0.15) is 0 Å². The van der Waals surface area contributed by atoms with Gasteiger partial charge < -0.3 is 25.0 Å². The molecule has 2 aromatic rings. The number of aliphatic hydroxyl groups is 1. The van der Waals surface area contributed by atoms with Crippen molar-refractivity contribution in [2.24, 2.45) is 0 Å². The number of benzene rings is 1. The van der Waals surface area contributed by atoms with E-state index in [9.17, 15) is 19.1 Å². The third kappa shape index (κ3) is 4.48. The smallest absolute Gasteiger partial charge is 0.253 e. The van der Waals surface area contributed by atoms with E-state index in [4.69, 9.17) is 4.74 Å². The van der Waals surface area contributed by atoms with Crippen molar-refractivity contribution in [1.82, 2.24) is 4.90 Å². The third-order valence-electron chi connectivity index (χ3n) is 5.76. The zero-order chi connectivity index (χ0) is 21.1. The summed E-state index contributed by atoms with van der Waals surface area (Å²) in [5, 5.41) is 13.3. The van der Waals surface area contributed by atoms with Crippen molar-refractivity contribution in [3.8, 4) is 0 Å². The number of morpholine rings is 1. The van der Waals surface area contributed by atoms with Crippen LogP contribution in [0.1, 0.15) is 0 Å². The lowest BCUT2D eigenvalue weighted by Gasteiger charge is -2.38. The Morgan fingerprint density at radius 2 is 1.60 bits per heavy atom. The maximum Gasteiger partial charge on any atom is 0.253 e. The maximum absolute atomic E-state index is 13.1. The van der Waals surface area contributed by atoms with Crippen LogP contribution < -0.4 is 26.0 Å². The zero-order valence-electron chi connectivity index (χ0n) is 16.8. The number of rotatable bonds is 7. The monoisotopic (exact) mass is 418 g/mol. The lowest BCUT2D eigenvalue weighted by Crippen LogP contribution is -2.52. The van der Waals surface area contributed by atoms with E-state index in [-0.39, 0.29) is 12.4 Å². The van der Waals surface area contributed by atoms with E-state index in [0.29, 0.717) is 57.3 Å². The van der Waals surface area contributed by atoms with Gasteiger partial charge in [-0.1, -0.05) is 0 Å². The van der Waals surface area contributed by atoms with Gasteiger partial charge in [-0.15, -0.1) is 0 Å². The Balaban J connectivity index is 1.32. The predicted octanol–water partition coefficient (Wildman–Crippen LogP) is -0.147. The summed E-state index contributed by atoms with van der Waals surface area (Å²) in [6.07, 6.45) is -0.643. The Kier molecular flexibility index (Phi) is 6.31. The normalized spacial score (nSPS) is 19.3. The molecule has 8 nitrogen and oxygen atoms in total. The van der Waals surface area contributed by atoms with E-state index in [1.165, 1.54) is 12.1 Å². The second-order valence-corrected chi connectivity index (χ2v) is 7.78. The average Bonchev–Trinajstić information content (AvgIpc) is 2.77. The molecule has 2 aliphatic heterocycles. The summed E-state index contributed by atoms with van der Waals surface area (Å²) in [5.74, 6) is -0.271. The van der Waals surface area contributed by atoms with E-state index in [2.05, 4.69) is 15.1 Å². The fraction of sp³-hybridized carbons (Fsp3) is 0.524. The lowest BCUT2D eigenvalue weighted by molar-refractivity contribution is 0.0171. The second-order valence-electron chi connectivity index (χ2n) is 7.78. The van der Waals surface area contributed by atoms with Crippen molar-refractivity contribution >= 4 is 17.1 Å². The molecular formula is C21H27FN4O4. The molecule has 0 unspecified atom stereocenters. The number of ether oxygens (including phenoxy) is 1. The molecule has 2 aromatic carbocycles. The summed E-state index contributed by atoms with van der Waals surface area (Å²) in [4.78, 5) is 30.4. The summed E-state index contributed by atoms with van der Waals surface area (Å²) in [6.45, 7) is 6.11. The van der Waals surface area contributed by atoms with Gasteiger partial charge in [0.1, 0.15) is 17.2 Å². The van der Waals surface area contributed by atoms with Gasteiger partial charge in [0.15, 0.2) is 0 Å². The van der Waals surface area contributed by atoms with Crippen molar-refractivity contribution in [3.05, 3.63) is 50.5 Å². The molecule has 2 heterocycles. The number of halogens is 1. The standard InChI is InChI=1S/C21H27FN4O4/c22-15-1-3-16(4-2-15)25-5-7-26(8-6-25)19-18(20(28)21(19)29)23-13-17(27)14-24-9-11-30-12-10-24/h1-4,17,23,27H,5-14H2/t17-/m1/s1. The molecule has 0 radical (unpaired) electrons. The summed E-state index contributed by atoms with van der Waals surface area (Å²) in [6, 6.07) is 6.35. The lowest BCUT2D eigenvalue weighted by atomic mass is 10.1. The molecule has 30 heavy (non-hydrogen) atoms. The molecule has 2 saturated heterocycles. The summed E-state index contributed by atoms with van der Waals surface area (Å²) < 4.78 is 18.4. The number of nitrogens with zero attached hydrogens (tertiary/aromatic N) is 3. The minimum absolute atomic E-state index is 0.213. The summed E-state index contributed by atoms with van der Waals surface area (Å²) in [7, 11) is 0.